The summed E-state index contributed by atoms with van der Waals surface area (Å²) in [5, 5.41) is 0. The van der Waals surface area contributed by atoms with Crippen molar-refractivity contribution in [3.8, 4) is 5.75 Å². The van der Waals surface area contributed by atoms with Gasteiger partial charge in [-0.05, 0) is 43.5 Å². The minimum atomic E-state index is -0.233. The van der Waals surface area contributed by atoms with Gasteiger partial charge in [0.15, 0.2) is 0 Å². The highest BCUT2D eigenvalue weighted by Gasteiger charge is 2.25. The van der Waals surface area contributed by atoms with Gasteiger partial charge in [0.1, 0.15) is 18.2 Å². The van der Waals surface area contributed by atoms with Crippen molar-refractivity contribution in [2.75, 3.05) is 0 Å². The van der Waals surface area contributed by atoms with E-state index < -0.39 is 0 Å². The molecule has 4 heteroatoms. The van der Waals surface area contributed by atoms with Crippen molar-refractivity contribution in [3.63, 3.8) is 0 Å². The Morgan fingerprint density at radius 3 is 3.00 bits per heavy atom. The number of nitrogens with zero attached hydrogens (tertiary/aromatic N) is 2. The molecule has 1 aromatic carbocycles. The van der Waals surface area contributed by atoms with Gasteiger partial charge in [-0.1, -0.05) is 0 Å². The van der Waals surface area contributed by atoms with Crippen molar-refractivity contribution in [1.29, 1.82) is 0 Å². The van der Waals surface area contributed by atoms with Crippen LogP contribution in [0.5, 0.6) is 5.75 Å². The number of hydrogen-bond acceptors (Lipinski definition) is 2. The zero-order valence-corrected chi connectivity index (χ0v) is 10.3. The molecule has 0 spiro atoms. The predicted molar refractivity (Wildman–Crippen MR) is 66.0 cm³/mol. The van der Waals surface area contributed by atoms with Crippen LogP contribution in [0.4, 0.5) is 4.39 Å². The van der Waals surface area contributed by atoms with Crippen LogP contribution in [0.15, 0.2) is 30.7 Å². The molecule has 1 aliphatic rings. The lowest BCUT2D eigenvalue weighted by Gasteiger charge is -2.10. The highest BCUT2D eigenvalue weighted by molar-refractivity contribution is 5.32. The lowest BCUT2D eigenvalue weighted by atomic mass is 10.2. The number of hydrogen-bond donors (Lipinski definition) is 0. The van der Waals surface area contributed by atoms with E-state index in [1.807, 2.05) is 19.4 Å². The van der Waals surface area contributed by atoms with Crippen LogP contribution in [0, 0.1) is 12.7 Å². The van der Waals surface area contributed by atoms with E-state index in [2.05, 4.69) is 9.55 Å². The largest absolute Gasteiger partial charge is 0.487 e. The van der Waals surface area contributed by atoms with Crippen molar-refractivity contribution < 1.29 is 9.13 Å². The maximum atomic E-state index is 13.0. The molecule has 1 fully saturated rings. The van der Waals surface area contributed by atoms with Crippen LogP contribution >= 0.6 is 0 Å². The average Bonchev–Trinajstić information content (AvgIpc) is 3.08. The molecule has 3 rings (SSSR count). The Balaban J connectivity index is 1.71. The second-order valence-corrected chi connectivity index (χ2v) is 4.72. The molecule has 18 heavy (non-hydrogen) atoms. The van der Waals surface area contributed by atoms with Crippen LogP contribution in [0.1, 0.15) is 30.1 Å². The maximum absolute atomic E-state index is 13.0. The maximum Gasteiger partial charge on any atom is 0.130 e. The van der Waals surface area contributed by atoms with Crippen LogP contribution in [0.3, 0.4) is 0 Å². The van der Waals surface area contributed by atoms with Crippen molar-refractivity contribution in [2.45, 2.75) is 32.4 Å². The number of halogens is 1. The van der Waals surface area contributed by atoms with Gasteiger partial charge >= 0.3 is 0 Å². The van der Waals surface area contributed by atoms with Crippen molar-refractivity contribution in [3.05, 3.63) is 47.8 Å². The first kappa shape index (κ1) is 11.3. The molecule has 2 aromatic rings. The minimum Gasteiger partial charge on any atom is -0.487 e. The Bertz CT molecular complexity index is 561. The lowest BCUT2D eigenvalue weighted by Crippen LogP contribution is -2.04. The zero-order chi connectivity index (χ0) is 12.5. The smallest absolute Gasteiger partial charge is 0.130 e. The number of aromatic nitrogens is 2. The van der Waals surface area contributed by atoms with Gasteiger partial charge in [0, 0.05) is 6.04 Å². The topological polar surface area (TPSA) is 27.1 Å². The second-order valence-electron chi connectivity index (χ2n) is 4.72. The number of imidazole rings is 1. The Kier molecular flexibility index (Phi) is 2.78. The van der Waals surface area contributed by atoms with Crippen LogP contribution in [-0.4, -0.2) is 9.55 Å². The summed E-state index contributed by atoms with van der Waals surface area (Å²) >= 11 is 0. The van der Waals surface area contributed by atoms with E-state index in [0.29, 0.717) is 12.6 Å². The zero-order valence-electron chi connectivity index (χ0n) is 10.3. The highest BCUT2D eigenvalue weighted by atomic mass is 19.1. The molecule has 94 valence electrons. The summed E-state index contributed by atoms with van der Waals surface area (Å²) in [7, 11) is 0. The third kappa shape index (κ3) is 2.23. The van der Waals surface area contributed by atoms with E-state index >= 15 is 0 Å². The second kappa shape index (κ2) is 4.44. The molecular weight excluding hydrogens is 231 g/mol. The van der Waals surface area contributed by atoms with Gasteiger partial charge in [0.2, 0.25) is 0 Å². The molecule has 0 N–H and O–H groups in total. The molecule has 0 radical (unpaired) electrons. The van der Waals surface area contributed by atoms with E-state index in [1.165, 1.54) is 25.0 Å². The van der Waals surface area contributed by atoms with Crippen molar-refractivity contribution in [2.24, 2.45) is 0 Å². The normalized spacial score (nSPS) is 14.8. The highest BCUT2D eigenvalue weighted by Crippen LogP contribution is 2.35. The van der Waals surface area contributed by atoms with E-state index in [9.17, 15) is 4.39 Å². The van der Waals surface area contributed by atoms with Gasteiger partial charge in [0.25, 0.3) is 0 Å². The summed E-state index contributed by atoms with van der Waals surface area (Å²) in [6, 6.07) is 5.16. The molecule has 3 nitrogen and oxygen atoms in total. The number of aryl methyl sites for hydroxylation is 1. The monoisotopic (exact) mass is 246 g/mol. The molecule has 0 saturated heterocycles. The molecule has 0 amide bonds. The summed E-state index contributed by atoms with van der Waals surface area (Å²) in [4.78, 5) is 4.16. The Morgan fingerprint density at radius 2 is 2.28 bits per heavy atom. The molecule has 1 heterocycles. The first-order valence-electron chi connectivity index (χ1n) is 6.13. The summed E-state index contributed by atoms with van der Waals surface area (Å²) in [5.41, 5.74) is 1.88. The fourth-order valence-corrected chi connectivity index (χ4v) is 2.05. The molecule has 1 aliphatic carbocycles. The van der Waals surface area contributed by atoms with Gasteiger partial charge < -0.3 is 9.30 Å². The molecule has 0 atom stereocenters. The van der Waals surface area contributed by atoms with E-state index in [1.54, 1.807) is 6.07 Å². The Hall–Kier alpha value is -1.84. The van der Waals surface area contributed by atoms with Gasteiger partial charge in [0.05, 0.1) is 18.2 Å². The average molecular weight is 246 g/mol. The summed E-state index contributed by atoms with van der Waals surface area (Å²) in [6.07, 6.45) is 6.13. The third-order valence-electron chi connectivity index (χ3n) is 3.20. The van der Waals surface area contributed by atoms with Crippen molar-refractivity contribution >= 4 is 0 Å². The summed E-state index contributed by atoms with van der Waals surface area (Å²) < 4.78 is 20.9. The lowest BCUT2D eigenvalue weighted by molar-refractivity contribution is 0.292. The van der Waals surface area contributed by atoms with Gasteiger partial charge in [-0.3, -0.25) is 0 Å². The predicted octanol–water partition coefficient (Wildman–Crippen LogP) is 3.24. The molecule has 0 bridgehead atoms. The number of rotatable bonds is 4. The minimum absolute atomic E-state index is 0.233. The first-order valence-corrected chi connectivity index (χ1v) is 6.13. The van der Waals surface area contributed by atoms with E-state index in [4.69, 9.17) is 4.74 Å². The summed E-state index contributed by atoms with van der Waals surface area (Å²) in [6.45, 7) is 2.32. The number of ether oxygens (including phenoxy) is 1. The van der Waals surface area contributed by atoms with Crippen molar-refractivity contribution in [1.82, 2.24) is 9.55 Å². The SMILES string of the molecule is Cc1cc(F)ccc1OCc1cncn1C1CC1. The van der Waals surface area contributed by atoms with E-state index in [0.717, 1.165) is 17.0 Å². The third-order valence-corrected chi connectivity index (χ3v) is 3.20. The van der Waals surface area contributed by atoms with Crippen LogP contribution in [0.2, 0.25) is 0 Å². The molecule has 0 unspecified atom stereocenters. The number of benzene rings is 1. The standard InChI is InChI=1S/C14H15FN2O/c1-10-6-11(15)2-5-14(10)18-8-13-7-16-9-17(13)12-3-4-12/h2,5-7,9,12H,3-4,8H2,1H3. The van der Waals surface area contributed by atoms with Gasteiger partial charge in [-0.2, -0.15) is 0 Å². The molecule has 1 aromatic heterocycles. The molecular formula is C14H15FN2O. The van der Waals surface area contributed by atoms with Crippen LogP contribution in [-0.2, 0) is 6.61 Å². The summed E-state index contributed by atoms with van der Waals surface area (Å²) in [5.74, 6) is 0.489. The van der Waals surface area contributed by atoms with Gasteiger partial charge in [-0.15, -0.1) is 0 Å². The molecule has 0 aliphatic heterocycles. The fraction of sp³-hybridized carbons (Fsp3) is 0.357. The first-order chi connectivity index (χ1) is 8.74. The van der Waals surface area contributed by atoms with E-state index in [-0.39, 0.29) is 5.82 Å². The molecule has 1 saturated carbocycles. The Morgan fingerprint density at radius 1 is 1.44 bits per heavy atom. The van der Waals surface area contributed by atoms with Crippen LogP contribution < -0.4 is 4.74 Å². The quantitative estimate of drug-likeness (QED) is 0.828. The Labute approximate surface area is 105 Å². The van der Waals surface area contributed by atoms with Gasteiger partial charge in [-0.25, -0.2) is 9.37 Å². The fourth-order valence-electron chi connectivity index (χ4n) is 2.05. The van der Waals surface area contributed by atoms with Crippen LogP contribution in [0.25, 0.3) is 0 Å².